The molecule has 3 rings (SSSR count). The van der Waals surface area contributed by atoms with E-state index in [2.05, 4.69) is 34.5 Å². The number of rotatable bonds is 5. The number of nitrogens with one attached hydrogen (secondary N) is 1. The monoisotopic (exact) mass is 330 g/mol. The highest BCUT2D eigenvalue weighted by Crippen LogP contribution is 2.34. The van der Waals surface area contributed by atoms with Crippen molar-refractivity contribution in [2.75, 3.05) is 11.9 Å². The van der Waals surface area contributed by atoms with Crippen LogP contribution in [0.3, 0.4) is 0 Å². The first-order valence-electron chi connectivity index (χ1n) is 8.06. The van der Waals surface area contributed by atoms with Crippen LogP contribution >= 0.6 is 11.3 Å². The average molecular weight is 330 g/mol. The number of pyridine rings is 1. The molecule has 3 heterocycles. The lowest BCUT2D eigenvalue weighted by Gasteiger charge is -2.24. The summed E-state index contributed by atoms with van der Waals surface area (Å²) in [6.07, 6.45) is 4.41. The fourth-order valence-electron chi connectivity index (χ4n) is 2.88. The van der Waals surface area contributed by atoms with Gasteiger partial charge in [0.25, 0.3) is 0 Å². The molecule has 5 nitrogen and oxygen atoms in total. The number of hydrogen-bond acceptors (Lipinski definition) is 5. The van der Waals surface area contributed by atoms with Crippen molar-refractivity contribution >= 4 is 28.2 Å². The molecule has 1 aliphatic rings. The normalized spacial score (nSPS) is 17.7. The van der Waals surface area contributed by atoms with Gasteiger partial charge in [-0.25, -0.2) is 9.97 Å². The predicted octanol–water partition coefficient (Wildman–Crippen LogP) is 3.99. The molecule has 1 N–H and O–H groups in total. The van der Waals surface area contributed by atoms with Gasteiger partial charge in [-0.1, -0.05) is 19.9 Å². The molecular weight excluding hydrogens is 308 g/mol. The van der Waals surface area contributed by atoms with Crippen LogP contribution in [0.4, 0.5) is 10.9 Å². The first kappa shape index (κ1) is 15.9. The topological polar surface area (TPSA) is 58.1 Å². The Hall–Kier alpha value is -1.95. The number of thiazole rings is 1. The first-order valence-corrected chi connectivity index (χ1v) is 8.94. The number of amides is 1. The molecule has 0 spiro atoms. The molecule has 1 fully saturated rings. The number of carbonyl (C=O) groups is 1. The summed E-state index contributed by atoms with van der Waals surface area (Å²) in [5.74, 6) is 1.42. The molecule has 6 heteroatoms. The van der Waals surface area contributed by atoms with Crippen molar-refractivity contribution in [3.8, 4) is 0 Å². The lowest BCUT2D eigenvalue weighted by atomic mass is 10.1. The van der Waals surface area contributed by atoms with Gasteiger partial charge in [0.1, 0.15) is 5.82 Å². The van der Waals surface area contributed by atoms with Crippen molar-refractivity contribution < 1.29 is 4.79 Å². The van der Waals surface area contributed by atoms with Gasteiger partial charge in [0.05, 0.1) is 11.7 Å². The van der Waals surface area contributed by atoms with Crippen LogP contribution < -0.4 is 5.32 Å². The molecule has 122 valence electrons. The van der Waals surface area contributed by atoms with Crippen LogP contribution in [-0.2, 0) is 4.79 Å². The van der Waals surface area contributed by atoms with Crippen LogP contribution in [0.2, 0.25) is 0 Å². The van der Waals surface area contributed by atoms with Crippen molar-refractivity contribution in [3.05, 3.63) is 35.5 Å². The number of aromatic nitrogens is 2. The van der Waals surface area contributed by atoms with E-state index in [1.54, 1.807) is 17.5 Å². The van der Waals surface area contributed by atoms with Gasteiger partial charge in [-0.05, 0) is 30.9 Å². The van der Waals surface area contributed by atoms with Gasteiger partial charge in [-0.15, -0.1) is 11.3 Å². The number of hydrogen-bond donors (Lipinski definition) is 1. The molecule has 0 radical (unpaired) electrons. The zero-order valence-corrected chi connectivity index (χ0v) is 14.3. The van der Waals surface area contributed by atoms with E-state index in [0.29, 0.717) is 12.3 Å². The maximum atomic E-state index is 12.4. The van der Waals surface area contributed by atoms with Crippen LogP contribution in [0.25, 0.3) is 0 Å². The molecule has 1 saturated heterocycles. The number of carbonyl (C=O) groups excluding carboxylic acids is 1. The van der Waals surface area contributed by atoms with E-state index < -0.39 is 0 Å². The Kier molecular flexibility index (Phi) is 4.91. The summed E-state index contributed by atoms with van der Waals surface area (Å²) in [4.78, 5) is 23.3. The standard InChI is InChI=1S/C17H22N4OS/c1-12(2)10-16(22)21-9-5-6-14(21)13-11-23-17(19-13)20-15-7-3-4-8-18-15/h3-4,7-8,11-12,14H,5-6,9-10H2,1-2H3,(H,18,19,20)/t14-/m0/s1. The maximum absolute atomic E-state index is 12.4. The third kappa shape index (κ3) is 3.88. The molecule has 0 unspecified atom stereocenters. The van der Waals surface area contributed by atoms with Gasteiger partial charge in [-0.3, -0.25) is 4.79 Å². The molecule has 0 bridgehead atoms. The molecule has 1 amide bonds. The van der Waals surface area contributed by atoms with Crippen molar-refractivity contribution in [2.45, 2.75) is 39.2 Å². The van der Waals surface area contributed by atoms with E-state index in [0.717, 1.165) is 36.0 Å². The Bertz CT molecular complexity index is 656. The van der Waals surface area contributed by atoms with Gasteiger partial charge < -0.3 is 10.2 Å². The molecule has 23 heavy (non-hydrogen) atoms. The van der Waals surface area contributed by atoms with Crippen LogP contribution in [0.5, 0.6) is 0 Å². The second kappa shape index (κ2) is 7.08. The lowest BCUT2D eigenvalue weighted by molar-refractivity contribution is -0.133. The van der Waals surface area contributed by atoms with Crippen LogP contribution in [0.1, 0.15) is 44.8 Å². The Balaban J connectivity index is 1.70. The molecule has 0 aliphatic carbocycles. The summed E-state index contributed by atoms with van der Waals surface area (Å²) in [5, 5.41) is 6.09. The third-order valence-corrected chi connectivity index (χ3v) is 4.70. The fourth-order valence-corrected chi connectivity index (χ4v) is 3.65. The Morgan fingerprint density at radius 1 is 1.48 bits per heavy atom. The minimum Gasteiger partial charge on any atom is -0.334 e. The number of anilines is 2. The van der Waals surface area contributed by atoms with Gasteiger partial charge in [0.2, 0.25) is 5.91 Å². The second-order valence-corrected chi connectivity index (χ2v) is 7.12. The van der Waals surface area contributed by atoms with Gasteiger partial charge in [0, 0.05) is 24.5 Å². The fraction of sp³-hybridized carbons (Fsp3) is 0.471. The summed E-state index contributed by atoms with van der Waals surface area (Å²) < 4.78 is 0. The highest BCUT2D eigenvalue weighted by Gasteiger charge is 2.31. The van der Waals surface area contributed by atoms with Gasteiger partial charge >= 0.3 is 0 Å². The highest BCUT2D eigenvalue weighted by molar-refractivity contribution is 7.13. The Labute approximate surface area is 140 Å². The lowest BCUT2D eigenvalue weighted by Crippen LogP contribution is -2.31. The first-order chi connectivity index (χ1) is 11.1. The summed E-state index contributed by atoms with van der Waals surface area (Å²) in [6, 6.07) is 5.86. The molecule has 0 saturated carbocycles. The van der Waals surface area contributed by atoms with Gasteiger partial charge in [-0.2, -0.15) is 0 Å². The SMILES string of the molecule is CC(C)CC(=O)N1CCC[C@H]1c1csc(Nc2ccccn2)n1. The van der Waals surface area contributed by atoms with Crippen molar-refractivity contribution in [2.24, 2.45) is 5.92 Å². The van der Waals surface area contributed by atoms with Crippen LogP contribution in [0.15, 0.2) is 29.8 Å². The molecule has 1 atom stereocenters. The molecule has 1 aliphatic heterocycles. The van der Waals surface area contributed by atoms with E-state index in [4.69, 9.17) is 0 Å². The van der Waals surface area contributed by atoms with E-state index in [1.807, 2.05) is 23.1 Å². The zero-order valence-electron chi connectivity index (χ0n) is 13.5. The predicted molar refractivity (Wildman–Crippen MR) is 92.8 cm³/mol. The summed E-state index contributed by atoms with van der Waals surface area (Å²) >= 11 is 1.56. The third-order valence-electron chi connectivity index (χ3n) is 3.92. The maximum Gasteiger partial charge on any atom is 0.223 e. The summed E-state index contributed by atoms with van der Waals surface area (Å²) in [7, 11) is 0. The van der Waals surface area contributed by atoms with Gasteiger partial charge in [0.15, 0.2) is 5.13 Å². The number of nitrogens with zero attached hydrogens (tertiary/aromatic N) is 3. The van der Waals surface area contributed by atoms with Crippen LogP contribution in [0, 0.1) is 5.92 Å². The Morgan fingerprint density at radius 2 is 2.35 bits per heavy atom. The van der Waals surface area contributed by atoms with Crippen molar-refractivity contribution in [1.82, 2.24) is 14.9 Å². The number of likely N-dealkylation sites (tertiary alicyclic amines) is 1. The van der Waals surface area contributed by atoms with E-state index in [9.17, 15) is 4.79 Å². The van der Waals surface area contributed by atoms with E-state index in [-0.39, 0.29) is 11.9 Å². The molecular formula is C17H22N4OS. The second-order valence-electron chi connectivity index (χ2n) is 6.26. The molecule has 2 aromatic rings. The van der Waals surface area contributed by atoms with Crippen molar-refractivity contribution in [1.29, 1.82) is 0 Å². The largest absolute Gasteiger partial charge is 0.334 e. The molecule has 0 aromatic carbocycles. The minimum atomic E-state index is 0.122. The zero-order chi connectivity index (χ0) is 16.2. The summed E-state index contributed by atoms with van der Waals surface area (Å²) in [6.45, 7) is 5.01. The minimum absolute atomic E-state index is 0.122. The smallest absolute Gasteiger partial charge is 0.223 e. The quantitative estimate of drug-likeness (QED) is 0.900. The molecule has 2 aromatic heterocycles. The van der Waals surface area contributed by atoms with Crippen molar-refractivity contribution in [3.63, 3.8) is 0 Å². The van der Waals surface area contributed by atoms with E-state index >= 15 is 0 Å². The highest BCUT2D eigenvalue weighted by atomic mass is 32.1. The average Bonchev–Trinajstić information content (AvgIpc) is 3.16. The summed E-state index contributed by atoms with van der Waals surface area (Å²) in [5.41, 5.74) is 0.989. The van der Waals surface area contributed by atoms with Crippen LogP contribution in [-0.4, -0.2) is 27.3 Å². The van der Waals surface area contributed by atoms with E-state index in [1.165, 1.54) is 0 Å². The Morgan fingerprint density at radius 3 is 3.09 bits per heavy atom.